The van der Waals surface area contributed by atoms with Crippen LogP contribution in [0.25, 0.3) is 0 Å². The molecule has 2 aromatic rings. The van der Waals surface area contributed by atoms with Gasteiger partial charge in [0.2, 0.25) is 23.6 Å². The zero-order valence-corrected chi connectivity index (χ0v) is 26.7. The summed E-state index contributed by atoms with van der Waals surface area (Å²) in [7, 11) is 0. The lowest BCUT2D eigenvalue weighted by molar-refractivity contribution is -0.134. The van der Waals surface area contributed by atoms with Gasteiger partial charge < -0.3 is 26.4 Å². The number of hydrogen-bond donors (Lipinski definition) is 5. The Hall–Kier alpha value is -4.74. The van der Waals surface area contributed by atoms with Crippen molar-refractivity contribution in [1.29, 1.82) is 0 Å². The first kappa shape index (κ1) is 36.5. The lowest BCUT2D eigenvalue weighted by atomic mass is 9.96. The van der Waals surface area contributed by atoms with Gasteiger partial charge in [0.1, 0.15) is 24.7 Å². The predicted octanol–water partition coefficient (Wildman–Crippen LogP) is 3.05. The van der Waals surface area contributed by atoms with Gasteiger partial charge in [-0.2, -0.15) is 0 Å². The summed E-state index contributed by atoms with van der Waals surface area (Å²) in [6.07, 6.45) is 0.00793. The highest BCUT2D eigenvalue weighted by atomic mass is 16.5. The van der Waals surface area contributed by atoms with Gasteiger partial charge in [0.25, 0.3) is 5.91 Å². The molecule has 0 aliphatic heterocycles. The van der Waals surface area contributed by atoms with Crippen LogP contribution in [-0.4, -0.2) is 53.8 Å². The first-order valence-corrected chi connectivity index (χ1v) is 15.1. The topological polar surface area (TPSA) is 186 Å². The summed E-state index contributed by atoms with van der Waals surface area (Å²) in [4.78, 5) is 77.0. The van der Waals surface area contributed by atoms with Crippen LogP contribution in [0.5, 0.6) is 0 Å². The number of amides is 6. The van der Waals surface area contributed by atoms with Gasteiger partial charge in [-0.1, -0.05) is 84.4 Å². The van der Waals surface area contributed by atoms with Crippen molar-refractivity contribution in [2.45, 2.75) is 79.1 Å². The van der Waals surface area contributed by atoms with Gasteiger partial charge in [0.15, 0.2) is 0 Å². The minimum absolute atomic E-state index is 0.0257. The van der Waals surface area contributed by atoms with Gasteiger partial charge >= 0.3 is 6.09 Å². The molecule has 2 aromatic carbocycles. The maximum Gasteiger partial charge on any atom is 0.408 e. The Bertz CT molecular complexity index is 1350. The molecule has 0 saturated heterocycles. The molecule has 6 amide bonds. The maximum atomic E-state index is 13.5. The number of nitrogens with two attached hydrogens (primary N) is 1. The average molecular weight is 624 g/mol. The van der Waals surface area contributed by atoms with E-state index < -0.39 is 59.7 Å². The number of ether oxygens (including phenoxy) is 1. The Morgan fingerprint density at radius 2 is 1.38 bits per heavy atom. The first-order chi connectivity index (χ1) is 21.2. The minimum Gasteiger partial charge on any atom is -0.445 e. The average Bonchev–Trinajstić information content (AvgIpc) is 3.00. The van der Waals surface area contributed by atoms with Gasteiger partial charge in [0, 0.05) is 11.1 Å². The zero-order valence-electron chi connectivity index (χ0n) is 26.7. The molecular formula is C33H45N5O7. The number of benzene rings is 2. The Labute approximate surface area is 264 Å². The van der Waals surface area contributed by atoms with Crippen LogP contribution >= 0.6 is 0 Å². The number of hydrogen-bond acceptors (Lipinski definition) is 7. The van der Waals surface area contributed by atoms with Crippen molar-refractivity contribution in [2.75, 3.05) is 0 Å². The number of rotatable bonds is 15. The summed E-state index contributed by atoms with van der Waals surface area (Å²) in [5, 5.41) is 10.3. The summed E-state index contributed by atoms with van der Waals surface area (Å²) in [5.41, 5.74) is 6.23. The van der Waals surface area contributed by atoms with E-state index in [1.54, 1.807) is 20.8 Å². The van der Waals surface area contributed by atoms with E-state index in [1.165, 1.54) is 24.3 Å². The van der Waals surface area contributed by atoms with Crippen LogP contribution < -0.4 is 27.0 Å². The van der Waals surface area contributed by atoms with E-state index in [2.05, 4.69) is 21.3 Å². The predicted molar refractivity (Wildman–Crippen MR) is 169 cm³/mol. The molecule has 0 saturated carbocycles. The second kappa shape index (κ2) is 17.5. The molecule has 0 aliphatic carbocycles. The quantitative estimate of drug-likeness (QED) is 0.202. The van der Waals surface area contributed by atoms with Crippen molar-refractivity contribution in [3.63, 3.8) is 0 Å². The van der Waals surface area contributed by atoms with Crippen LogP contribution in [0.1, 0.15) is 80.7 Å². The molecule has 244 valence electrons. The standard InChI is InChI=1S/C33H45N5O7/c1-7-21(6)27(32(43)38-29(40)24-15-11-14-23(17-24)28(34)39)37-31(42)26(20(4)5)36-30(41)25(16-19(2)3)35-33(44)45-18-22-12-9-8-10-13-22/h8-15,17,19-21,25-27H,7,16,18H2,1-6H3,(H2,34,39)(H,35,44)(H,36,41)(H,37,42)(H,38,40,43)/t21-,25-,26-,27-/m0/s1. The molecule has 0 spiro atoms. The molecule has 0 heterocycles. The van der Waals surface area contributed by atoms with E-state index >= 15 is 0 Å². The van der Waals surface area contributed by atoms with Crippen LogP contribution in [0.4, 0.5) is 4.79 Å². The molecule has 0 aromatic heterocycles. The van der Waals surface area contributed by atoms with Gasteiger partial charge in [-0.15, -0.1) is 0 Å². The highest BCUT2D eigenvalue weighted by molar-refractivity contribution is 6.08. The van der Waals surface area contributed by atoms with Gasteiger partial charge in [-0.25, -0.2) is 4.79 Å². The third-order valence-electron chi connectivity index (χ3n) is 7.21. The molecule has 0 radical (unpaired) electrons. The van der Waals surface area contributed by atoms with Crippen LogP contribution in [0.2, 0.25) is 0 Å². The fourth-order valence-corrected chi connectivity index (χ4v) is 4.42. The molecule has 0 fully saturated rings. The van der Waals surface area contributed by atoms with Crippen LogP contribution in [-0.2, 0) is 25.7 Å². The summed E-state index contributed by atoms with van der Waals surface area (Å²) < 4.78 is 5.29. The monoisotopic (exact) mass is 623 g/mol. The molecule has 4 atom stereocenters. The highest BCUT2D eigenvalue weighted by Gasteiger charge is 2.34. The van der Waals surface area contributed by atoms with Gasteiger partial charge in [-0.3, -0.25) is 29.3 Å². The molecule has 2 rings (SSSR count). The van der Waals surface area contributed by atoms with Crippen LogP contribution in [0.3, 0.4) is 0 Å². The fraction of sp³-hybridized carbons (Fsp3) is 0.455. The van der Waals surface area contributed by atoms with E-state index in [9.17, 15) is 28.8 Å². The third kappa shape index (κ3) is 11.7. The Balaban J connectivity index is 2.14. The maximum absolute atomic E-state index is 13.5. The molecule has 0 aliphatic rings. The number of primary amides is 1. The SMILES string of the molecule is CC[C@H](C)[C@H](NC(=O)[C@@H](NC(=O)[C@H](CC(C)C)NC(=O)OCc1ccccc1)C(C)C)C(=O)NC(=O)c1cccc(C(N)=O)c1. The highest BCUT2D eigenvalue weighted by Crippen LogP contribution is 2.13. The van der Waals surface area contributed by atoms with Crippen molar-refractivity contribution in [3.05, 3.63) is 71.3 Å². The number of alkyl carbamates (subject to hydrolysis) is 1. The second-order valence-corrected chi connectivity index (χ2v) is 11.8. The lowest BCUT2D eigenvalue weighted by Gasteiger charge is -2.29. The largest absolute Gasteiger partial charge is 0.445 e. The molecule has 12 nitrogen and oxygen atoms in total. The summed E-state index contributed by atoms with van der Waals surface area (Å²) in [6, 6.07) is 11.6. The Kier molecular flexibility index (Phi) is 14.2. The van der Waals surface area contributed by atoms with Crippen LogP contribution in [0.15, 0.2) is 54.6 Å². The summed E-state index contributed by atoms with van der Waals surface area (Å²) >= 11 is 0. The Morgan fingerprint density at radius 1 is 0.756 bits per heavy atom. The normalized spacial score (nSPS) is 13.6. The minimum atomic E-state index is -1.11. The molecule has 6 N–H and O–H groups in total. The fourth-order valence-electron chi connectivity index (χ4n) is 4.42. The zero-order chi connectivity index (χ0) is 33.7. The molecular weight excluding hydrogens is 578 g/mol. The van der Waals surface area contributed by atoms with Crippen molar-refractivity contribution in [1.82, 2.24) is 21.3 Å². The molecule has 45 heavy (non-hydrogen) atoms. The van der Waals surface area contributed by atoms with Crippen molar-refractivity contribution in [2.24, 2.45) is 23.5 Å². The van der Waals surface area contributed by atoms with Gasteiger partial charge in [-0.05, 0) is 47.9 Å². The van der Waals surface area contributed by atoms with Crippen molar-refractivity contribution in [3.8, 4) is 0 Å². The van der Waals surface area contributed by atoms with Gasteiger partial charge in [0.05, 0.1) is 0 Å². The molecule has 0 bridgehead atoms. The smallest absolute Gasteiger partial charge is 0.408 e. The number of carbonyl (C=O) groups excluding carboxylic acids is 6. The van der Waals surface area contributed by atoms with E-state index in [-0.39, 0.29) is 36.0 Å². The number of carbonyl (C=O) groups is 6. The summed E-state index contributed by atoms with van der Waals surface area (Å²) in [6.45, 7) is 10.9. The first-order valence-electron chi connectivity index (χ1n) is 15.1. The third-order valence-corrected chi connectivity index (χ3v) is 7.21. The number of nitrogens with one attached hydrogen (secondary N) is 4. The van der Waals surface area contributed by atoms with Crippen molar-refractivity contribution < 1.29 is 33.5 Å². The van der Waals surface area contributed by atoms with E-state index in [4.69, 9.17) is 10.5 Å². The molecule has 12 heteroatoms. The van der Waals surface area contributed by atoms with E-state index in [1.807, 2.05) is 51.1 Å². The summed E-state index contributed by atoms with van der Waals surface area (Å²) in [5.74, 6) is -4.18. The number of imide groups is 1. The van der Waals surface area contributed by atoms with Crippen LogP contribution in [0, 0.1) is 17.8 Å². The molecule has 0 unspecified atom stereocenters. The van der Waals surface area contributed by atoms with Crippen molar-refractivity contribution >= 4 is 35.6 Å². The van der Waals surface area contributed by atoms with E-state index in [0.717, 1.165) is 5.56 Å². The lowest BCUT2D eigenvalue weighted by Crippen LogP contribution is -2.59. The van der Waals surface area contributed by atoms with E-state index in [0.29, 0.717) is 6.42 Å². The Morgan fingerprint density at radius 3 is 1.96 bits per heavy atom. The second-order valence-electron chi connectivity index (χ2n) is 11.8.